The summed E-state index contributed by atoms with van der Waals surface area (Å²) in [5.41, 5.74) is 5.06. The van der Waals surface area contributed by atoms with Crippen LogP contribution in [0.5, 0.6) is 0 Å². The molecule has 1 aliphatic rings. The summed E-state index contributed by atoms with van der Waals surface area (Å²) in [7, 11) is 0. The monoisotopic (exact) mass is 442 g/mol. The molecule has 1 aromatic heterocycles. The van der Waals surface area contributed by atoms with Gasteiger partial charge in [0.25, 0.3) is 0 Å². The van der Waals surface area contributed by atoms with E-state index < -0.39 is 0 Å². The highest BCUT2D eigenvalue weighted by Crippen LogP contribution is 2.23. The molecule has 1 N–H and O–H groups in total. The van der Waals surface area contributed by atoms with Gasteiger partial charge in [0.1, 0.15) is 5.82 Å². The molecule has 0 bridgehead atoms. The Labute approximate surface area is 194 Å². The average molecular weight is 443 g/mol. The third-order valence-corrected chi connectivity index (χ3v) is 5.93. The number of likely N-dealkylation sites (tertiary alicyclic amines) is 1. The van der Waals surface area contributed by atoms with Crippen molar-refractivity contribution in [3.63, 3.8) is 0 Å². The van der Waals surface area contributed by atoms with Gasteiger partial charge in [0.05, 0.1) is 11.4 Å². The Hall–Kier alpha value is -3.67. The van der Waals surface area contributed by atoms with E-state index in [1.54, 1.807) is 10.8 Å². The SMILES string of the molecule is Cc1cc(C)cc(-n2nc(C)cc2NC(=O)C2CCN(C(=O)/C=C/c3ccccc3)CC2)c1. The number of rotatable bonds is 5. The fourth-order valence-corrected chi connectivity index (χ4v) is 4.29. The van der Waals surface area contributed by atoms with Crippen LogP contribution >= 0.6 is 0 Å². The molecule has 0 atom stereocenters. The van der Waals surface area contributed by atoms with Crippen LogP contribution in [0.3, 0.4) is 0 Å². The average Bonchev–Trinajstić information content (AvgIpc) is 3.17. The molecule has 4 rings (SSSR count). The van der Waals surface area contributed by atoms with E-state index in [1.807, 2.05) is 54.3 Å². The molecule has 0 radical (unpaired) electrons. The number of anilines is 1. The largest absolute Gasteiger partial charge is 0.339 e. The molecule has 2 heterocycles. The van der Waals surface area contributed by atoms with E-state index in [4.69, 9.17) is 0 Å². The summed E-state index contributed by atoms with van der Waals surface area (Å²) in [6.07, 6.45) is 4.74. The minimum absolute atomic E-state index is 0.0128. The zero-order valence-electron chi connectivity index (χ0n) is 19.4. The highest BCUT2D eigenvalue weighted by Gasteiger charge is 2.27. The molecule has 170 valence electrons. The van der Waals surface area contributed by atoms with Crippen LogP contribution < -0.4 is 5.32 Å². The Morgan fingerprint density at radius 2 is 1.64 bits per heavy atom. The fraction of sp³-hybridized carbons (Fsp3) is 0.296. The van der Waals surface area contributed by atoms with Crippen LogP contribution in [0.4, 0.5) is 5.82 Å². The predicted molar refractivity (Wildman–Crippen MR) is 131 cm³/mol. The van der Waals surface area contributed by atoms with Gasteiger partial charge in [-0.25, -0.2) is 4.68 Å². The van der Waals surface area contributed by atoms with Crippen molar-refractivity contribution in [2.45, 2.75) is 33.6 Å². The van der Waals surface area contributed by atoms with E-state index in [-0.39, 0.29) is 17.7 Å². The first kappa shape index (κ1) is 22.5. The summed E-state index contributed by atoms with van der Waals surface area (Å²) in [4.78, 5) is 27.3. The molecule has 0 spiro atoms. The van der Waals surface area contributed by atoms with Gasteiger partial charge in [0.2, 0.25) is 11.8 Å². The van der Waals surface area contributed by atoms with Gasteiger partial charge in [0, 0.05) is 31.1 Å². The van der Waals surface area contributed by atoms with Crippen molar-refractivity contribution in [1.29, 1.82) is 0 Å². The first-order valence-corrected chi connectivity index (χ1v) is 11.4. The fourth-order valence-electron chi connectivity index (χ4n) is 4.29. The molecule has 2 aromatic carbocycles. The molecule has 1 aliphatic heterocycles. The van der Waals surface area contributed by atoms with Gasteiger partial charge in [-0.1, -0.05) is 36.4 Å². The van der Waals surface area contributed by atoms with Crippen molar-refractivity contribution in [2.75, 3.05) is 18.4 Å². The van der Waals surface area contributed by atoms with Crippen molar-refractivity contribution >= 4 is 23.7 Å². The smallest absolute Gasteiger partial charge is 0.246 e. The molecule has 0 unspecified atom stereocenters. The number of hydrogen-bond donors (Lipinski definition) is 1. The van der Waals surface area contributed by atoms with Crippen molar-refractivity contribution in [3.05, 3.63) is 83.1 Å². The maximum atomic E-state index is 13.0. The molecular formula is C27H30N4O2. The predicted octanol–water partition coefficient (Wildman–Crippen LogP) is 4.69. The first-order chi connectivity index (χ1) is 15.9. The highest BCUT2D eigenvalue weighted by atomic mass is 16.2. The van der Waals surface area contributed by atoms with E-state index in [9.17, 15) is 9.59 Å². The van der Waals surface area contributed by atoms with Crippen LogP contribution in [-0.4, -0.2) is 39.6 Å². The third kappa shape index (κ3) is 5.58. The maximum Gasteiger partial charge on any atom is 0.246 e. The second kappa shape index (κ2) is 9.86. The Kier molecular flexibility index (Phi) is 6.73. The van der Waals surface area contributed by atoms with Crippen LogP contribution in [0, 0.1) is 26.7 Å². The topological polar surface area (TPSA) is 67.2 Å². The van der Waals surface area contributed by atoms with Gasteiger partial charge in [-0.05, 0) is 68.5 Å². The minimum Gasteiger partial charge on any atom is -0.339 e. The summed E-state index contributed by atoms with van der Waals surface area (Å²) in [5.74, 6) is 0.510. The number of benzene rings is 2. The summed E-state index contributed by atoms with van der Waals surface area (Å²) >= 11 is 0. The lowest BCUT2D eigenvalue weighted by Gasteiger charge is -2.30. The number of hydrogen-bond acceptors (Lipinski definition) is 3. The lowest BCUT2D eigenvalue weighted by Crippen LogP contribution is -2.40. The molecule has 0 saturated carbocycles. The number of aryl methyl sites for hydroxylation is 3. The van der Waals surface area contributed by atoms with Crippen LogP contribution in [-0.2, 0) is 9.59 Å². The second-order valence-corrected chi connectivity index (χ2v) is 8.76. The Morgan fingerprint density at radius 3 is 2.30 bits per heavy atom. The van der Waals surface area contributed by atoms with Crippen molar-refractivity contribution in [1.82, 2.24) is 14.7 Å². The van der Waals surface area contributed by atoms with E-state index in [0.717, 1.165) is 28.1 Å². The Balaban J connectivity index is 1.37. The lowest BCUT2D eigenvalue weighted by atomic mass is 9.96. The van der Waals surface area contributed by atoms with Crippen molar-refractivity contribution in [3.8, 4) is 5.69 Å². The molecule has 2 amide bonds. The Morgan fingerprint density at radius 1 is 0.970 bits per heavy atom. The van der Waals surface area contributed by atoms with E-state index in [1.165, 1.54) is 0 Å². The molecule has 33 heavy (non-hydrogen) atoms. The summed E-state index contributed by atoms with van der Waals surface area (Å²) in [5, 5.41) is 7.66. The maximum absolute atomic E-state index is 13.0. The molecule has 1 saturated heterocycles. The van der Waals surface area contributed by atoms with E-state index in [2.05, 4.69) is 42.5 Å². The van der Waals surface area contributed by atoms with E-state index in [0.29, 0.717) is 31.7 Å². The Bertz CT molecular complexity index is 1150. The van der Waals surface area contributed by atoms with Crippen LogP contribution in [0.25, 0.3) is 11.8 Å². The number of aromatic nitrogens is 2. The molecule has 6 nitrogen and oxygen atoms in total. The minimum atomic E-state index is -0.130. The number of amides is 2. The van der Waals surface area contributed by atoms with Crippen LogP contribution in [0.2, 0.25) is 0 Å². The van der Waals surface area contributed by atoms with E-state index >= 15 is 0 Å². The van der Waals surface area contributed by atoms with Gasteiger partial charge >= 0.3 is 0 Å². The number of nitrogens with one attached hydrogen (secondary N) is 1. The van der Waals surface area contributed by atoms with Gasteiger partial charge < -0.3 is 10.2 Å². The quantitative estimate of drug-likeness (QED) is 0.583. The van der Waals surface area contributed by atoms with Crippen molar-refractivity contribution in [2.24, 2.45) is 5.92 Å². The zero-order valence-corrected chi connectivity index (χ0v) is 19.4. The molecule has 1 fully saturated rings. The normalized spacial score (nSPS) is 14.6. The summed E-state index contributed by atoms with van der Waals surface area (Å²) in [6, 6.07) is 17.9. The van der Waals surface area contributed by atoms with Crippen molar-refractivity contribution < 1.29 is 9.59 Å². The molecule has 0 aliphatic carbocycles. The second-order valence-electron chi connectivity index (χ2n) is 8.76. The number of carbonyl (C=O) groups excluding carboxylic acids is 2. The van der Waals surface area contributed by atoms with Gasteiger partial charge in [-0.15, -0.1) is 0 Å². The number of carbonyl (C=O) groups is 2. The van der Waals surface area contributed by atoms with Gasteiger partial charge in [-0.2, -0.15) is 5.10 Å². The summed E-state index contributed by atoms with van der Waals surface area (Å²) in [6.45, 7) is 7.17. The molecule has 6 heteroatoms. The summed E-state index contributed by atoms with van der Waals surface area (Å²) < 4.78 is 1.79. The van der Waals surface area contributed by atoms with Gasteiger partial charge in [-0.3, -0.25) is 9.59 Å². The zero-order chi connectivity index (χ0) is 23.4. The van der Waals surface area contributed by atoms with Gasteiger partial charge in [0.15, 0.2) is 0 Å². The van der Waals surface area contributed by atoms with Crippen LogP contribution in [0.1, 0.15) is 35.2 Å². The number of piperidine rings is 1. The standard InChI is InChI=1S/C27H30N4O2/c1-19-15-20(2)17-24(16-19)31-25(18-21(3)29-31)28-27(33)23-11-13-30(14-12-23)26(32)10-9-22-7-5-4-6-8-22/h4-10,15-18,23H,11-14H2,1-3H3,(H,28,33)/b10-9+. The highest BCUT2D eigenvalue weighted by molar-refractivity contribution is 5.93. The molecular weight excluding hydrogens is 412 g/mol. The molecule has 3 aromatic rings. The third-order valence-electron chi connectivity index (χ3n) is 5.93. The van der Waals surface area contributed by atoms with Crippen LogP contribution in [0.15, 0.2) is 60.7 Å². The lowest BCUT2D eigenvalue weighted by molar-refractivity contribution is -0.130. The number of nitrogens with zero attached hydrogens (tertiary/aromatic N) is 3. The first-order valence-electron chi connectivity index (χ1n) is 11.4.